The average Bonchev–Trinajstić information content (AvgIpc) is 2.48. The number of carbonyl (C=O) groups excluding carboxylic acids is 1. The number of carbonyl (C=O) groups is 1. The maximum atomic E-state index is 11.8. The molecule has 0 N–H and O–H groups in total. The molecule has 0 aliphatic heterocycles. The van der Waals surface area contributed by atoms with Gasteiger partial charge in [0.25, 0.3) is 5.91 Å². The van der Waals surface area contributed by atoms with E-state index in [1.807, 2.05) is 0 Å². The second-order valence-corrected chi connectivity index (χ2v) is 3.87. The Hall–Kier alpha value is -2.53. The molecule has 2 aromatic rings. The van der Waals surface area contributed by atoms with E-state index in [0.717, 1.165) is 5.56 Å². The summed E-state index contributed by atoms with van der Waals surface area (Å²) in [5.41, 5.74) is 1.52. The molecule has 0 atom stereocenters. The van der Waals surface area contributed by atoms with Crippen LogP contribution < -0.4 is 0 Å². The first-order valence-corrected chi connectivity index (χ1v) is 5.71. The van der Waals surface area contributed by atoms with Crippen molar-refractivity contribution in [2.45, 2.75) is 6.92 Å². The van der Waals surface area contributed by atoms with Gasteiger partial charge in [-0.3, -0.25) is 15.0 Å². The van der Waals surface area contributed by atoms with Gasteiger partial charge in [0, 0.05) is 23.5 Å². The standard InChI is InChI=1S/C14H12N3O2/c1-11(12-7-9-15-10-8-12)16-17(19)14(18)13-5-3-2-4-6-13/h2-10H,1H3/q-1. The first kappa shape index (κ1) is 12.9. The van der Waals surface area contributed by atoms with Crippen LogP contribution in [0.25, 0.3) is 0 Å². The predicted octanol–water partition coefficient (Wildman–Crippen LogP) is 2.45. The Balaban J connectivity index is 2.17. The van der Waals surface area contributed by atoms with E-state index in [1.54, 1.807) is 61.8 Å². The van der Waals surface area contributed by atoms with E-state index in [-0.39, 0.29) is 5.17 Å². The first-order valence-electron chi connectivity index (χ1n) is 5.71. The second kappa shape index (κ2) is 5.88. The monoisotopic (exact) mass is 254 g/mol. The van der Waals surface area contributed by atoms with E-state index in [4.69, 9.17) is 0 Å². The quantitative estimate of drug-likeness (QED) is 0.624. The van der Waals surface area contributed by atoms with Crippen molar-refractivity contribution in [3.63, 3.8) is 0 Å². The minimum atomic E-state index is -0.686. The fourth-order valence-electron chi connectivity index (χ4n) is 1.52. The molecule has 2 rings (SSSR count). The molecule has 5 heteroatoms. The van der Waals surface area contributed by atoms with E-state index < -0.39 is 5.91 Å². The van der Waals surface area contributed by atoms with Crippen molar-refractivity contribution in [1.29, 1.82) is 0 Å². The molecule has 1 heterocycles. The Morgan fingerprint density at radius 2 is 1.74 bits per heavy atom. The van der Waals surface area contributed by atoms with Gasteiger partial charge in [-0.1, -0.05) is 18.2 Å². The van der Waals surface area contributed by atoms with Crippen LogP contribution in [0.4, 0.5) is 0 Å². The normalized spacial score (nSPS) is 11.2. The number of pyridine rings is 1. The molecule has 1 amide bonds. The van der Waals surface area contributed by atoms with E-state index in [0.29, 0.717) is 11.3 Å². The van der Waals surface area contributed by atoms with Gasteiger partial charge in [-0.2, -0.15) is 5.10 Å². The summed E-state index contributed by atoms with van der Waals surface area (Å²) in [6.45, 7) is 1.67. The van der Waals surface area contributed by atoms with E-state index in [9.17, 15) is 10.0 Å². The molecule has 0 aliphatic carbocycles. The van der Waals surface area contributed by atoms with E-state index in [2.05, 4.69) is 10.1 Å². The van der Waals surface area contributed by atoms with Crippen LogP contribution in [-0.2, 0) is 0 Å². The van der Waals surface area contributed by atoms with Gasteiger partial charge in [-0.15, -0.1) is 0 Å². The van der Waals surface area contributed by atoms with Crippen molar-refractivity contribution in [1.82, 2.24) is 10.2 Å². The second-order valence-electron chi connectivity index (χ2n) is 3.87. The lowest BCUT2D eigenvalue weighted by Gasteiger charge is -2.22. The van der Waals surface area contributed by atoms with Gasteiger partial charge in [-0.25, -0.2) is 0 Å². The topological polar surface area (TPSA) is 68.6 Å². The van der Waals surface area contributed by atoms with Crippen LogP contribution >= 0.6 is 0 Å². The fourth-order valence-corrected chi connectivity index (χ4v) is 1.52. The molecule has 0 aliphatic rings. The maximum absolute atomic E-state index is 11.8. The number of hydrogen-bond acceptors (Lipinski definition) is 4. The summed E-state index contributed by atoms with van der Waals surface area (Å²) in [5, 5.41) is 15.5. The fraction of sp³-hybridized carbons (Fsp3) is 0.0714. The summed E-state index contributed by atoms with van der Waals surface area (Å²) < 4.78 is 0. The van der Waals surface area contributed by atoms with Crippen LogP contribution in [0, 0.1) is 5.21 Å². The molecule has 0 saturated carbocycles. The molecule has 0 radical (unpaired) electrons. The summed E-state index contributed by atoms with van der Waals surface area (Å²) >= 11 is 0. The molecule has 0 saturated heterocycles. The van der Waals surface area contributed by atoms with Crippen molar-refractivity contribution in [3.05, 3.63) is 71.2 Å². The van der Waals surface area contributed by atoms with Gasteiger partial charge in [0.1, 0.15) is 0 Å². The van der Waals surface area contributed by atoms with Crippen molar-refractivity contribution in [2.75, 3.05) is 0 Å². The highest BCUT2D eigenvalue weighted by atomic mass is 16.5. The summed E-state index contributed by atoms with van der Waals surface area (Å²) in [6.07, 6.45) is 3.20. The number of benzene rings is 1. The lowest BCUT2D eigenvalue weighted by atomic mass is 10.2. The zero-order chi connectivity index (χ0) is 13.7. The van der Waals surface area contributed by atoms with Gasteiger partial charge in [0.15, 0.2) is 0 Å². The maximum Gasteiger partial charge on any atom is 0.263 e. The Kier molecular flexibility index (Phi) is 4.00. The van der Waals surface area contributed by atoms with Gasteiger partial charge < -0.3 is 5.21 Å². The summed E-state index contributed by atoms with van der Waals surface area (Å²) in [4.78, 5) is 15.7. The number of amides is 1. The summed E-state index contributed by atoms with van der Waals surface area (Å²) in [5.74, 6) is -0.686. The highest BCUT2D eigenvalue weighted by Gasteiger charge is 2.06. The van der Waals surface area contributed by atoms with Crippen LogP contribution in [0.15, 0.2) is 60.0 Å². The van der Waals surface area contributed by atoms with Gasteiger partial charge in [0.05, 0.1) is 5.71 Å². The molecule has 19 heavy (non-hydrogen) atoms. The van der Waals surface area contributed by atoms with Crippen molar-refractivity contribution in [2.24, 2.45) is 5.10 Å². The van der Waals surface area contributed by atoms with Crippen molar-refractivity contribution < 1.29 is 4.79 Å². The Bertz CT molecular complexity index is 582. The minimum Gasteiger partial charge on any atom is -0.735 e. The predicted molar refractivity (Wildman–Crippen MR) is 72.4 cm³/mol. The highest BCUT2D eigenvalue weighted by molar-refractivity contribution is 6.00. The Morgan fingerprint density at radius 1 is 1.11 bits per heavy atom. The smallest absolute Gasteiger partial charge is 0.263 e. The number of nitrogens with zero attached hydrogens (tertiary/aromatic N) is 3. The third-order valence-electron chi connectivity index (χ3n) is 2.53. The zero-order valence-corrected chi connectivity index (χ0v) is 10.4. The molecule has 1 aromatic carbocycles. The molecule has 0 unspecified atom stereocenters. The lowest BCUT2D eigenvalue weighted by Crippen LogP contribution is -2.21. The molecular weight excluding hydrogens is 242 g/mol. The third-order valence-corrected chi connectivity index (χ3v) is 2.53. The number of hydroxylamine groups is 1. The number of aromatic nitrogens is 1. The van der Waals surface area contributed by atoms with Crippen LogP contribution in [-0.4, -0.2) is 21.8 Å². The van der Waals surface area contributed by atoms with Crippen LogP contribution in [0.3, 0.4) is 0 Å². The zero-order valence-electron chi connectivity index (χ0n) is 10.4. The molecule has 0 spiro atoms. The van der Waals surface area contributed by atoms with E-state index >= 15 is 0 Å². The van der Waals surface area contributed by atoms with E-state index in [1.165, 1.54) is 0 Å². The first-order chi connectivity index (χ1) is 9.18. The molecular formula is C14H12N3O2-. The largest absolute Gasteiger partial charge is 0.735 e. The molecule has 1 aromatic heterocycles. The number of hydrogen-bond donors (Lipinski definition) is 0. The third kappa shape index (κ3) is 3.23. The molecule has 0 bridgehead atoms. The Morgan fingerprint density at radius 3 is 2.37 bits per heavy atom. The van der Waals surface area contributed by atoms with Crippen LogP contribution in [0.2, 0.25) is 0 Å². The molecule has 0 fully saturated rings. The SMILES string of the molecule is CC(=NN([O-])C(=O)c1ccccc1)c1ccncc1. The minimum absolute atomic E-state index is 0.102. The van der Waals surface area contributed by atoms with Gasteiger partial charge in [0.2, 0.25) is 0 Å². The lowest BCUT2D eigenvalue weighted by molar-refractivity contribution is 0.0826. The Labute approximate surface area is 110 Å². The summed E-state index contributed by atoms with van der Waals surface area (Å²) in [7, 11) is 0. The van der Waals surface area contributed by atoms with Crippen LogP contribution in [0.5, 0.6) is 0 Å². The molecule has 5 nitrogen and oxygen atoms in total. The van der Waals surface area contributed by atoms with Gasteiger partial charge >= 0.3 is 0 Å². The number of hydrazone groups is 1. The summed E-state index contributed by atoms with van der Waals surface area (Å²) in [6, 6.07) is 11.8. The van der Waals surface area contributed by atoms with Crippen molar-refractivity contribution >= 4 is 11.6 Å². The van der Waals surface area contributed by atoms with Crippen molar-refractivity contribution in [3.8, 4) is 0 Å². The van der Waals surface area contributed by atoms with Crippen LogP contribution in [0.1, 0.15) is 22.8 Å². The van der Waals surface area contributed by atoms with Gasteiger partial charge in [-0.05, 0) is 31.2 Å². The average molecular weight is 254 g/mol. The molecule has 96 valence electrons. The highest BCUT2D eigenvalue weighted by Crippen LogP contribution is 2.06. The number of rotatable bonds is 3.